The van der Waals surface area contributed by atoms with Crippen molar-refractivity contribution in [3.8, 4) is 0 Å². The zero-order chi connectivity index (χ0) is 15.6. The summed E-state index contributed by atoms with van der Waals surface area (Å²) in [7, 11) is 0. The molecule has 0 aliphatic carbocycles. The van der Waals surface area contributed by atoms with Crippen LogP contribution in [-0.2, 0) is 13.1 Å². The van der Waals surface area contributed by atoms with Crippen molar-refractivity contribution in [2.45, 2.75) is 46.3 Å². The normalized spacial score (nSPS) is 11.9. The Morgan fingerprint density at radius 1 is 1.33 bits per heavy atom. The third kappa shape index (κ3) is 4.05. The average Bonchev–Trinajstić information content (AvgIpc) is 2.72. The lowest BCUT2D eigenvalue weighted by Crippen LogP contribution is -2.35. The van der Waals surface area contributed by atoms with Gasteiger partial charge in [-0.25, -0.2) is 9.37 Å². The Balaban J connectivity index is 2.26. The summed E-state index contributed by atoms with van der Waals surface area (Å²) in [6, 6.07) is 4.75. The average molecular weight is 310 g/mol. The number of aromatic nitrogens is 2. The molecule has 0 spiro atoms. The van der Waals surface area contributed by atoms with E-state index in [1.807, 2.05) is 17.7 Å². The first-order valence-electron chi connectivity index (χ1n) is 6.97. The van der Waals surface area contributed by atoms with Crippen LogP contribution in [0, 0.1) is 12.7 Å². The molecule has 2 rings (SSSR count). The van der Waals surface area contributed by atoms with Crippen molar-refractivity contribution >= 4 is 11.6 Å². The second-order valence-corrected chi connectivity index (χ2v) is 6.59. The zero-order valence-corrected chi connectivity index (χ0v) is 13.6. The highest BCUT2D eigenvalue weighted by atomic mass is 35.5. The van der Waals surface area contributed by atoms with Gasteiger partial charge >= 0.3 is 0 Å². The topological polar surface area (TPSA) is 29.9 Å². The maximum Gasteiger partial charge on any atom is 0.129 e. The third-order valence-corrected chi connectivity index (χ3v) is 3.67. The zero-order valence-electron chi connectivity index (χ0n) is 12.9. The Labute approximate surface area is 130 Å². The van der Waals surface area contributed by atoms with E-state index in [4.69, 9.17) is 11.6 Å². The van der Waals surface area contributed by atoms with Gasteiger partial charge in [0.05, 0.1) is 12.2 Å². The van der Waals surface area contributed by atoms with Gasteiger partial charge in [-0.2, -0.15) is 0 Å². The van der Waals surface area contributed by atoms with Crippen LogP contribution in [0.15, 0.2) is 24.4 Å². The van der Waals surface area contributed by atoms with E-state index >= 15 is 0 Å². The molecule has 0 radical (unpaired) electrons. The number of rotatable bonds is 4. The molecule has 0 aliphatic heterocycles. The van der Waals surface area contributed by atoms with Gasteiger partial charge in [0.25, 0.3) is 0 Å². The highest BCUT2D eigenvalue weighted by Crippen LogP contribution is 2.21. The van der Waals surface area contributed by atoms with Crippen molar-refractivity contribution in [3.05, 3.63) is 52.3 Å². The lowest BCUT2D eigenvalue weighted by atomic mass is 10.1. The predicted octanol–water partition coefficient (Wildman–Crippen LogP) is 3.92. The summed E-state index contributed by atoms with van der Waals surface area (Å²) in [4.78, 5) is 4.33. The number of nitrogens with one attached hydrogen (secondary N) is 1. The van der Waals surface area contributed by atoms with Crippen LogP contribution in [0.25, 0.3) is 0 Å². The Bertz CT molecular complexity index is 609. The van der Waals surface area contributed by atoms with Gasteiger partial charge in [0, 0.05) is 28.9 Å². The molecule has 0 bridgehead atoms. The van der Waals surface area contributed by atoms with Crippen molar-refractivity contribution in [1.82, 2.24) is 14.9 Å². The van der Waals surface area contributed by atoms with E-state index in [-0.39, 0.29) is 11.4 Å². The molecule has 0 atom stereocenters. The minimum atomic E-state index is -0.287. The van der Waals surface area contributed by atoms with E-state index in [1.54, 1.807) is 12.1 Å². The van der Waals surface area contributed by atoms with Gasteiger partial charge in [0.15, 0.2) is 0 Å². The van der Waals surface area contributed by atoms with Crippen molar-refractivity contribution in [2.24, 2.45) is 0 Å². The van der Waals surface area contributed by atoms with Crippen LogP contribution in [-0.4, -0.2) is 15.1 Å². The molecule has 1 N–H and O–H groups in total. The van der Waals surface area contributed by atoms with Gasteiger partial charge in [-0.15, -0.1) is 0 Å². The number of benzene rings is 1. The van der Waals surface area contributed by atoms with Crippen molar-refractivity contribution in [3.63, 3.8) is 0 Å². The Morgan fingerprint density at radius 2 is 2.05 bits per heavy atom. The van der Waals surface area contributed by atoms with Gasteiger partial charge in [0.2, 0.25) is 0 Å². The van der Waals surface area contributed by atoms with E-state index in [2.05, 4.69) is 31.1 Å². The quantitative estimate of drug-likeness (QED) is 0.927. The highest BCUT2D eigenvalue weighted by Gasteiger charge is 2.15. The van der Waals surface area contributed by atoms with Crippen molar-refractivity contribution in [2.75, 3.05) is 0 Å². The molecule has 2 aromatic rings. The molecule has 0 aliphatic rings. The monoisotopic (exact) mass is 309 g/mol. The molecule has 1 heterocycles. The van der Waals surface area contributed by atoms with Gasteiger partial charge in [0.1, 0.15) is 11.6 Å². The first-order chi connectivity index (χ1) is 9.78. The molecular weight excluding hydrogens is 289 g/mol. The fraction of sp³-hybridized carbons (Fsp3) is 0.438. The maximum absolute atomic E-state index is 13.9. The number of imidazole rings is 1. The molecule has 0 saturated heterocycles. The second-order valence-electron chi connectivity index (χ2n) is 6.19. The number of nitrogens with zero attached hydrogens (tertiary/aromatic N) is 2. The summed E-state index contributed by atoms with van der Waals surface area (Å²) < 4.78 is 15.9. The molecule has 1 aromatic heterocycles. The number of hydrogen-bond acceptors (Lipinski definition) is 2. The maximum atomic E-state index is 13.9. The van der Waals surface area contributed by atoms with Crippen LogP contribution >= 0.6 is 11.6 Å². The smallest absolute Gasteiger partial charge is 0.129 e. The number of hydrogen-bond donors (Lipinski definition) is 1. The summed E-state index contributed by atoms with van der Waals surface area (Å²) >= 11 is 6.11. The minimum absolute atomic E-state index is 0.0125. The van der Waals surface area contributed by atoms with E-state index in [1.165, 1.54) is 6.07 Å². The Morgan fingerprint density at radius 3 is 2.67 bits per heavy atom. The van der Waals surface area contributed by atoms with Gasteiger partial charge in [-0.1, -0.05) is 17.7 Å². The van der Waals surface area contributed by atoms with Gasteiger partial charge < -0.3 is 9.88 Å². The lowest BCUT2D eigenvalue weighted by molar-refractivity contribution is 0.416. The van der Waals surface area contributed by atoms with Crippen LogP contribution in [0.2, 0.25) is 5.02 Å². The van der Waals surface area contributed by atoms with Crippen LogP contribution in [0.1, 0.15) is 37.9 Å². The summed E-state index contributed by atoms with van der Waals surface area (Å²) in [6.45, 7) is 9.29. The van der Waals surface area contributed by atoms with E-state index in [9.17, 15) is 4.39 Å². The molecule has 0 unspecified atom stereocenters. The molecule has 0 amide bonds. The van der Waals surface area contributed by atoms with E-state index in [0.717, 1.165) is 11.5 Å². The van der Waals surface area contributed by atoms with E-state index < -0.39 is 0 Å². The van der Waals surface area contributed by atoms with Crippen LogP contribution in [0.3, 0.4) is 0 Å². The molecule has 0 saturated carbocycles. The Hall–Kier alpha value is -1.39. The summed E-state index contributed by atoms with van der Waals surface area (Å²) in [6.07, 6.45) is 1.82. The SMILES string of the molecule is Cc1ncc(CNC(C)(C)C)n1Cc1c(F)cccc1Cl. The summed E-state index contributed by atoms with van der Waals surface area (Å²) in [5.74, 6) is 0.561. The first kappa shape index (κ1) is 16.0. The molecular formula is C16H21ClFN3. The first-order valence-corrected chi connectivity index (χ1v) is 7.34. The van der Waals surface area contributed by atoms with Crippen LogP contribution < -0.4 is 5.32 Å². The number of aryl methyl sites for hydroxylation is 1. The molecule has 21 heavy (non-hydrogen) atoms. The second kappa shape index (κ2) is 6.16. The molecule has 114 valence electrons. The lowest BCUT2D eigenvalue weighted by Gasteiger charge is -2.21. The highest BCUT2D eigenvalue weighted by molar-refractivity contribution is 6.31. The standard InChI is InChI=1S/C16H21ClFN3/c1-11-19-8-12(9-20-16(2,3)4)21(11)10-13-14(17)6-5-7-15(13)18/h5-8,20H,9-10H2,1-4H3. The van der Waals surface area contributed by atoms with Gasteiger partial charge in [-0.05, 0) is 39.8 Å². The van der Waals surface area contributed by atoms with Crippen LogP contribution in [0.5, 0.6) is 0 Å². The molecule has 1 aromatic carbocycles. The fourth-order valence-electron chi connectivity index (χ4n) is 2.07. The minimum Gasteiger partial charge on any atom is -0.326 e. The van der Waals surface area contributed by atoms with E-state index in [0.29, 0.717) is 23.7 Å². The molecule has 5 heteroatoms. The van der Waals surface area contributed by atoms with Crippen LogP contribution in [0.4, 0.5) is 4.39 Å². The largest absolute Gasteiger partial charge is 0.326 e. The molecule has 3 nitrogen and oxygen atoms in total. The van der Waals surface area contributed by atoms with Gasteiger partial charge in [-0.3, -0.25) is 0 Å². The summed E-state index contributed by atoms with van der Waals surface area (Å²) in [5, 5.41) is 3.86. The number of halogens is 2. The van der Waals surface area contributed by atoms with Crippen molar-refractivity contribution < 1.29 is 4.39 Å². The molecule has 0 fully saturated rings. The predicted molar refractivity (Wildman–Crippen MR) is 84.1 cm³/mol. The van der Waals surface area contributed by atoms with Crippen molar-refractivity contribution in [1.29, 1.82) is 0 Å². The summed E-state index contributed by atoms with van der Waals surface area (Å²) in [5.41, 5.74) is 1.53. The third-order valence-electron chi connectivity index (χ3n) is 3.32. The fourth-order valence-corrected chi connectivity index (χ4v) is 2.29. The Kier molecular flexibility index (Phi) is 4.69.